The monoisotopic (exact) mass is 276 g/mol. The lowest BCUT2D eigenvalue weighted by Crippen LogP contribution is -2.41. The van der Waals surface area contributed by atoms with Crippen LogP contribution in [0.5, 0.6) is 11.5 Å². The molecule has 20 heavy (non-hydrogen) atoms. The number of amides is 1. The highest BCUT2D eigenvalue weighted by Crippen LogP contribution is 2.29. The van der Waals surface area contributed by atoms with E-state index in [1.54, 1.807) is 20.3 Å². The predicted octanol–water partition coefficient (Wildman–Crippen LogP) is 1.23. The number of carbonyl (C=O) groups is 1. The molecule has 3 N–H and O–H groups in total. The highest BCUT2D eigenvalue weighted by Gasteiger charge is 2.16. The standard InChI is InChI=1S/C15H20N2O3/c1-5-6-12(16)15(18)17-10(2)11-7-8-13(19-3)14(9-11)20-4/h1,7-10,12H,6,16H2,2-4H3,(H,17,18). The van der Waals surface area contributed by atoms with Crippen LogP contribution < -0.4 is 20.5 Å². The summed E-state index contributed by atoms with van der Waals surface area (Å²) >= 11 is 0. The first-order valence-electron chi connectivity index (χ1n) is 6.24. The fraction of sp³-hybridized carbons (Fsp3) is 0.400. The Labute approximate surface area is 119 Å². The molecule has 0 saturated carbocycles. The summed E-state index contributed by atoms with van der Waals surface area (Å²) in [6, 6.07) is 4.57. The molecule has 0 saturated heterocycles. The molecule has 2 atom stereocenters. The van der Waals surface area contributed by atoms with Crippen molar-refractivity contribution >= 4 is 5.91 Å². The fourth-order valence-electron chi connectivity index (χ4n) is 1.75. The quantitative estimate of drug-likeness (QED) is 0.766. The van der Waals surface area contributed by atoms with Gasteiger partial charge in [-0.05, 0) is 24.6 Å². The minimum absolute atomic E-state index is 0.203. The summed E-state index contributed by atoms with van der Waals surface area (Å²) < 4.78 is 10.4. The predicted molar refractivity (Wildman–Crippen MR) is 77.5 cm³/mol. The number of terminal acetylenes is 1. The van der Waals surface area contributed by atoms with E-state index in [1.807, 2.05) is 19.1 Å². The number of benzene rings is 1. The van der Waals surface area contributed by atoms with Gasteiger partial charge in [-0.2, -0.15) is 0 Å². The van der Waals surface area contributed by atoms with Crippen LogP contribution in [0, 0.1) is 12.3 Å². The van der Waals surface area contributed by atoms with Gasteiger partial charge in [-0.1, -0.05) is 6.07 Å². The van der Waals surface area contributed by atoms with E-state index >= 15 is 0 Å². The summed E-state index contributed by atoms with van der Waals surface area (Å²) in [5, 5.41) is 2.81. The van der Waals surface area contributed by atoms with Crippen molar-refractivity contribution in [2.24, 2.45) is 5.73 Å². The molecular weight excluding hydrogens is 256 g/mol. The molecule has 0 aromatic heterocycles. The molecule has 1 rings (SSSR count). The Morgan fingerprint density at radius 2 is 2.05 bits per heavy atom. The number of rotatable bonds is 6. The Bertz CT molecular complexity index is 508. The molecule has 5 heteroatoms. The van der Waals surface area contributed by atoms with Crippen LogP contribution in [0.15, 0.2) is 18.2 Å². The largest absolute Gasteiger partial charge is 0.493 e. The first-order valence-corrected chi connectivity index (χ1v) is 6.24. The SMILES string of the molecule is C#CCC(N)C(=O)NC(C)c1ccc(OC)c(OC)c1. The zero-order valence-electron chi connectivity index (χ0n) is 12.0. The Morgan fingerprint density at radius 3 is 2.60 bits per heavy atom. The molecule has 0 aliphatic heterocycles. The van der Waals surface area contributed by atoms with Gasteiger partial charge in [0.15, 0.2) is 11.5 Å². The molecule has 0 aliphatic carbocycles. The zero-order chi connectivity index (χ0) is 15.1. The number of hydrogen-bond donors (Lipinski definition) is 2. The molecule has 1 aromatic rings. The maximum atomic E-state index is 11.8. The third kappa shape index (κ3) is 3.90. The van der Waals surface area contributed by atoms with Crippen LogP contribution in [0.4, 0.5) is 0 Å². The summed E-state index contributed by atoms with van der Waals surface area (Å²) in [6.07, 6.45) is 5.35. The van der Waals surface area contributed by atoms with Gasteiger partial charge in [0.25, 0.3) is 0 Å². The van der Waals surface area contributed by atoms with E-state index in [0.717, 1.165) is 5.56 Å². The number of carbonyl (C=O) groups excluding carboxylic acids is 1. The molecule has 0 radical (unpaired) electrons. The van der Waals surface area contributed by atoms with Gasteiger partial charge < -0.3 is 20.5 Å². The molecule has 108 valence electrons. The van der Waals surface area contributed by atoms with Crippen molar-refractivity contribution < 1.29 is 14.3 Å². The first kappa shape index (κ1) is 15.9. The molecular formula is C15H20N2O3. The Kier molecular flexibility index (Phi) is 5.88. The van der Waals surface area contributed by atoms with Crippen LogP contribution in [0.1, 0.15) is 24.9 Å². The molecule has 0 spiro atoms. The number of methoxy groups -OCH3 is 2. The van der Waals surface area contributed by atoms with Gasteiger partial charge in [0.05, 0.1) is 26.3 Å². The van der Waals surface area contributed by atoms with E-state index in [4.69, 9.17) is 21.6 Å². The number of nitrogens with two attached hydrogens (primary N) is 1. The van der Waals surface area contributed by atoms with E-state index in [9.17, 15) is 4.79 Å². The average Bonchev–Trinajstić information content (AvgIpc) is 2.46. The van der Waals surface area contributed by atoms with Gasteiger partial charge in [0.2, 0.25) is 5.91 Å². The van der Waals surface area contributed by atoms with Gasteiger partial charge in [0.1, 0.15) is 0 Å². The van der Waals surface area contributed by atoms with Crippen LogP contribution in [-0.4, -0.2) is 26.2 Å². The van der Waals surface area contributed by atoms with E-state index in [0.29, 0.717) is 11.5 Å². The third-order valence-corrected chi connectivity index (χ3v) is 2.94. The van der Waals surface area contributed by atoms with E-state index in [2.05, 4.69) is 11.2 Å². The van der Waals surface area contributed by atoms with Crippen molar-refractivity contribution in [1.82, 2.24) is 5.32 Å². The Hall–Kier alpha value is -2.19. The van der Waals surface area contributed by atoms with Gasteiger partial charge in [0, 0.05) is 6.42 Å². The maximum absolute atomic E-state index is 11.8. The van der Waals surface area contributed by atoms with E-state index in [-0.39, 0.29) is 18.4 Å². The van der Waals surface area contributed by atoms with Crippen molar-refractivity contribution in [2.45, 2.75) is 25.4 Å². The highest BCUT2D eigenvalue weighted by molar-refractivity contribution is 5.82. The fourth-order valence-corrected chi connectivity index (χ4v) is 1.75. The third-order valence-electron chi connectivity index (χ3n) is 2.94. The van der Waals surface area contributed by atoms with Crippen LogP contribution in [0.25, 0.3) is 0 Å². The second-order valence-corrected chi connectivity index (χ2v) is 4.36. The second-order valence-electron chi connectivity index (χ2n) is 4.36. The summed E-state index contributed by atoms with van der Waals surface area (Å²) in [5.74, 6) is 3.35. The lowest BCUT2D eigenvalue weighted by molar-refractivity contribution is -0.122. The van der Waals surface area contributed by atoms with Crippen molar-refractivity contribution in [3.8, 4) is 23.8 Å². The summed E-state index contributed by atoms with van der Waals surface area (Å²) in [6.45, 7) is 1.86. The Morgan fingerprint density at radius 1 is 1.40 bits per heavy atom. The highest BCUT2D eigenvalue weighted by atomic mass is 16.5. The first-order chi connectivity index (χ1) is 9.53. The molecule has 2 unspecified atom stereocenters. The van der Waals surface area contributed by atoms with E-state index < -0.39 is 6.04 Å². The van der Waals surface area contributed by atoms with Crippen LogP contribution in [0.3, 0.4) is 0 Å². The summed E-state index contributed by atoms with van der Waals surface area (Å²) in [7, 11) is 3.13. The Balaban J connectivity index is 2.80. The normalized spacial score (nSPS) is 12.9. The van der Waals surface area contributed by atoms with Crippen molar-refractivity contribution in [1.29, 1.82) is 0 Å². The molecule has 0 aliphatic rings. The molecule has 1 amide bonds. The minimum atomic E-state index is -0.692. The van der Waals surface area contributed by atoms with Gasteiger partial charge >= 0.3 is 0 Å². The van der Waals surface area contributed by atoms with Gasteiger partial charge in [-0.15, -0.1) is 12.3 Å². The van der Waals surface area contributed by atoms with Crippen LogP contribution in [-0.2, 0) is 4.79 Å². The molecule has 0 bridgehead atoms. The maximum Gasteiger partial charge on any atom is 0.238 e. The van der Waals surface area contributed by atoms with E-state index in [1.165, 1.54) is 0 Å². The molecule has 0 heterocycles. The smallest absolute Gasteiger partial charge is 0.238 e. The van der Waals surface area contributed by atoms with Gasteiger partial charge in [-0.3, -0.25) is 4.79 Å². The van der Waals surface area contributed by atoms with Gasteiger partial charge in [-0.25, -0.2) is 0 Å². The lowest BCUT2D eigenvalue weighted by atomic mass is 10.1. The average molecular weight is 276 g/mol. The second kappa shape index (κ2) is 7.41. The molecule has 0 fully saturated rings. The van der Waals surface area contributed by atoms with Crippen LogP contribution in [0.2, 0.25) is 0 Å². The molecule has 5 nitrogen and oxygen atoms in total. The van der Waals surface area contributed by atoms with Crippen molar-refractivity contribution in [3.05, 3.63) is 23.8 Å². The molecule has 1 aromatic carbocycles. The van der Waals surface area contributed by atoms with Crippen molar-refractivity contribution in [3.63, 3.8) is 0 Å². The zero-order valence-corrected chi connectivity index (χ0v) is 12.0. The lowest BCUT2D eigenvalue weighted by Gasteiger charge is -2.18. The van der Waals surface area contributed by atoms with Crippen molar-refractivity contribution in [2.75, 3.05) is 14.2 Å². The number of ether oxygens (including phenoxy) is 2. The number of nitrogens with one attached hydrogen (secondary N) is 1. The summed E-state index contributed by atoms with van der Waals surface area (Å²) in [4.78, 5) is 11.8. The number of hydrogen-bond acceptors (Lipinski definition) is 4. The minimum Gasteiger partial charge on any atom is -0.493 e. The summed E-state index contributed by atoms with van der Waals surface area (Å²) in [5.41, 5.74) is 6.55. The topological polar surface area (TPSA) is 73.6 Å². The van der Waals surface area contributed by atoms with Crippen LogP contribution >= 0.6 is 0 Å².